The Bertz CT molecular complexity index is 803. The molecule has 1 saturated heterocycles. The zero-order valence-electron chi connectivity index (χ0n) is 13.4. The van der Waals surface area contributed by atoms with E-state index < -0.39 is 0 Å². The molecule has 2 heterocycles. The number of nitrogens with zero attached hydrogens (tertiary/aromatic N) is 3. The van der Waals surface area contributed by atoms with Gasteiger partial charge in [-0.3, -0.25) is 4.79 Å². The van der Waals surface area contributed by atoms with Crippen LogP contribution in [-0.4, -0.2) is 42.0 Å². The van der Waals surface area contributed by atoms with Gasteiger partial charge in [-0.05, 0) is 17.7 Å². The third-order valence-electron chi connectivity index (χ3n) is 4.38. The van der Waals surface area contributed by atoms with Crippen molar-refractivity contribution < 1.29 is 9.21 Å². The Morgan fingerprint density at radius 2 is 1.67 bits per heavy atom. The minimum absolute atomic E-state index is 0.179. The van der Waals surface area contributed by atoms with Gasteiger partial charge < -0.3 is 14.2 Å². The van der Waals surface area contributed by atoms with Crippen molar-refractivity contribution in [2.75, 3.05) is 31.1 Å². The first-order chi connectivity index (χ1) is 11.8. The number of aromatic nitrogens is 1. The monoisotopic (exact) mass is 321 g/mol. The van der Waals surface area contributed by atoms with E-state index in [1.54, 1.807) is 0 Å². The Kier molecular flexibility index (Phi) is 3.91. The molecule has 1 amide bonds. The number of carbonyl (C=O) groups is 1. The summed E-state index contributed by atoms with van der Waals surface area (Å²) in [4.78, 5) is 21.0. The summed E-state index contributed by atoms with van der Waals surface area (Å²) in [6.07, 6.45) is 0.462. The Balaban J connectivity index is 1.38. The van der Waals surface area contributed by atoms with Gasteiger partial charge in [0.2, 0.25) is 5.91 Å². The van der Waals surface area contributed by atoms with Crippen LogP contribution in [0.4, 0.5) is 6.01 Å². The van der Waals surface area contributed by atoms with Gasteiger partial charge in [0.05, 0.1) is 6.42 Å². The highest BCUT2D eigenvalue weighted by atomic mass is 16.4. The fraction of sp³-hybridized carbons (Fsp3) is 0.263. The van der Waals surface area contributed by atoms with Crippen LogP contribution in [0.3, 0.4) is 0 Å². The normalized spacial score (nSPS) is 15.0. The van der Waals surface area contributed by atoms with Crippen molar-refractivity contribution in [3.63, 3.8) is 0 Å². The third kappa shape index (κ3) is 2.97. The van der Waals surface area contributed by atoms with Crippen LogP contribution in [0.15, 0.2) is 59.0 Å². The molecule has 0 spiro atoms. The lowest BCUT2D eigenvalue weighted by molar-refractivity contribution is -0.130. The predicted octanol–water partition coefficient (Wildman–Crippen LogP) is 2.72. The first kappa shape index (κ1) is 14.8. The maximum atomic E-state index is 12.4. The van der Waals surface area contributed by atoms with Crippen LogP contribution in [0.5, 0.6) is 0 Å². The van der Waals surface area contributed by atoms with E-state index in [0.717, 1.165) is 29.8 Å². The first-order valence-electron chi connectivity index (χ1n) is 8.22. The van der Waals surface area contributed by atoms with E-state index in [-0.39, 0.29) is 5.91 Å². The summed E-state index contributed by atoms with van der Waals surface area (Å²) in [6, 6.07) is 18.3. The van der Waals surface area contributed by atoms with Crippen molar-refractivity contribution in [1.82, 2.24) is 9.88 Å². The summed E-state index contributed by atoms with van der Waals surface area (Å²) in [5.41, 5.74) is 2.73. The number of hydrogen-bond acceptors (Lipinski definition) is 4. The fourth-order valence-electron chi connectivity index (χ4n) is 3.02. The number of piperazine rings is 1. The Morgan fingerprint density at radius 1 is 0.958 bits per heavy atom. The summed E-state index contributed by atoms with van der Waals surface area (Å²) in [7, 11) is 0. The van der Waals surface area contributed by atoms with E-state index in [4.69, 9.17) is 4.42 Å². The number of carbonyl (C=O) groups excluding carboxylic acids is 1. The van der Waals surface area contributed by atoms with Crippen molar-refractivity contribution in [3.8, 4) is 0 Å². The van der Waals surface area contributed by atoms with Gasteiger partial charge in [-0.1, -0.05) is 42.5 Å². The molecule has 4 rings (SSSR count). The van der Waals surface area contributed by atoms with Crippen LogP contribution in [0.2, 0.25) is 0 Å². The molecule has 3 aromatic rings. The Labute approximate surface area is 140 Å². The largest absolute Gasteiger partial charge is 0.423 e. The highest BCUT2D eigenvalue weighted by Crippen LogP contribution is 2.22. The van der Waals surface area contributed by atoms with E-state index in [1.807, 2.05) is 59.5 Å². The molecule has 0 unspecified atom stereocenters. The third-order valence-corrected chi connectivity index (χ3v) is 4.38. The van der Waals surface area contributed by atoms with Crippen molar-refractivity contribution in [2.24, 2.45) is 0 Å². The average Bonchev–Trinajstić information content (AvgIpc) is 3.07. The number of anilines is 1. The topological polar surface area (TPSA) is 49.6 Å². The second-order valence-electron chi connectivity index (χ2n) is 5.99. The quantitative estimate of drug-likeness (QED) is 0.744. The standard InChI is InChI=1S/C19H19N3O2/c23-18(14-15-6-2-1-3-7-15)21-10-12-22(13-11-21)19-20-16-8-4-5-9-17(16)24-19/h1-9H,10-14H2. The number of amides is 1. The zero-order chi connectivity index (χ0) is 16.4. The molecule has 24 heavy (non-hydrogen) atoms. The summed E-state index contributed by atoms with van der Waals surface area (Å²) >= 11 is 0. The lowest BCUT2D eigenvalue weighted by Gasteiger charge is -2.33. The molecule has 1 fully saturated rings. The smallest absolute Gasteiger partial charge is 0.298 e. The molecule has 1 aliphatic heterocycles. The number of para-hydroxylation sites is 2. The molecule has 0 bridgehead atoms. The molecule has 0 aliphatic carbocycles. The molecule has 5 heteroatoms. The first-order valence-corrected chi connectivity index (χ1v) is 8.22. The second-order valence-corrected chi connectivity index (χ2v) is 5.99. The molecule has 0 N–H and O–H groups in total. The second kappa shape index (κ2) is 6.35. The molecule has 0 atom stereocenters. The number of oxazole rings is 1. The maximum absolute atomic E-state index is 12.4. The Hall–Kier alpha value is -2.82. The number of benzene rings is 2. The summed E-state index contributed by atoms with van der Waals surface area (Å²) in [5, 5.41) is 0. The van der Waals surface area contributed by atoms with E-state index >= 15 is 0 Å². The van der Waals surface area contributed by atoms with Crippen LogP contribution in [0.1, 0.15) is 5.56 Å². The van der Waals surface area contributed by atoms with Crippen molar-refractivity contribution >= 4 is 23.0 Å². The molecule has 5 nitrogen and oxygen atoms in total. The molecule has 0 radical (unpaired) electrons. The molecule has 2 aromatic carbocycles. The van der Waals surface area contributed by atoms with Crippen molar-refractivity contribution in [1.29, 1.82) is 0 Å². The van der Waals surface area contributed by atoms with Crippen molar-refractivity contribution in [2.45, 2.75) is 6.42 Å². The molecular formula is C19H19N3O2. The van der Waals surface area contributed by atoms with Gasteiger partial charge in [0, 0.05) is 26.2 Å². The van der Waals surface area contributed by atoms with Gasteiger partial charge in [0.1, 0.15) is 5.52 Å². The SMILES string of the molecule is O=C(Cc1ccccc1)N1CCN(c2nc3ccccc3o2)CC1. The van der Waals surface area contributed by atoms with Gasteiger partial charge >= 0.3 is 0 Å². The number of hydrogen-bond donors (Lipinski definition) is 0. The van der Waals surface area contributed by atoms with Crippen LogP contribution < -0.4 is 4.90 Å². The van der Waals surface area contributed by atoms with E-state index in [2.05, 4.69) is 9.88 Å². The van der Waals surface area contributed by atoms with Crippen LogP contribution >= 0.6 is 0 Å². The number of rotatable bonds is 3. The van der Waals surface area contributed by atoms with Gasteiger partial charge in [-0.2, -0.15) is 4.98 Å². The molecule has 1 aromatic heterocycles. The lowest BCUT2D eigenvalue weighted by atomic mass is 10.1. The molecule has 0 saturated carbocycles. The highest BCUT2D eigenvalue weighted by Gasteiger charge is 2.23. The summed E-state index contributed by atoms with van der Waals surface area (Å²) in [6.45, 7) is 2.88. The highest BCUT2D eigenvalue weighted by molar-refractivity contribution is 5.79. The van der Waals surface area contributed by atoms with Gasteiger partial charge in [-0.15, -0.1) is 0 Å². The minimum Gasteiger partial charge on any atom is -0.423 e. The van der Waals surface area contributed by atoms with Crippen molar-refractivity contribution in [3.05, 3.63) is 60.2 Å². The summed E-state index contributed by atoms with van der Waals surface area (Å²) in [5.74, 6) is 0.179. The minimum atomic E-state index is 0.179. The lowest BCUT2D eigenvalue weighted by Crippen LogP contribution is -2.49. The van der Waals surface area contributed by atoms with E-state index in [0.29, 0.717) is 25.5 Å². The average molecular weight is 321 g/mol. The van der Waals surface area contributed by atoms with E-state index in [1.165, 1.54) is 0 Å². The van der Waals surface area contributed by atoms with Gasteiger partial charge in [0.25, 0.3) is 6.01 Å². The maximum Gasteiger partial charge on any atom is 0.298 e. The zero-order valence-corrected chi connectivity index (χ0v) is 13.4. The fourth-order valence-corrected chi connectivity index (χ4v) is 3.02. The van der Waals surface area contributed by atoms with Crippen LogP contribution in [0, 0.1) is 0 Å². The van der Waals surface area contributed by atoms with E-state index in [9.17, 15) is 4.79 Å². The molecule has 1 aliphatic rings. The number of fused-ring (bicyclic) bond motifs is 1. The molecular weight excluding hydrogens is 302 g/mol. The summed E-state index contributed by atoms with van der Waals surface area (Å²) < 4.78 is 5.81. The Morgan fingerprint density at radius 3 is 2.42 bits per heavy atom. The van der Waals surface area contributed by atoms with Crippen LogP contribution in [-0.2, 0) is 11.2 Å². The van der Waals surface area contributed by atoms with Gasteiger partial charge in [-0.25, -0.2) is 0 Å². The van der Waals surface area contributed by atoms with Crippen LogP contribution in [0.25, 0.3) is 11.1 Å². The van der Waals surface area contributed by atoms with Gasteiger partial charge in [0.15, 0.2) is 5.58 Å². The molecule has 122 valence electrons. The predicted molar refractivity (Wildman–Crippen MR) is 92.9 cm³/mol.